The number of fused-ring (bicyclic) bond motifs is 2. The van der Waals surface area contributed by atoms with Crippen LogP contribution in [-0.2, 0) is 7.05 Å². The molecule has 0 radical (unpaired) electrons. The van der Waals surface area contributed by atoms with E-state index in [4.69, 9.17) is 0 Å². The van der Waals surface area contributed by atoms with E-state index in [1.165, 1.54) is 0 Å². The molecule has 30 heavy (non-hydrogen) atoms. The molecular weight excluding hydrogens is 372 g/mol. The van der Waals surface area contributed by atoms with Gasteiger partial charge < -0.3 is 10.2 Å². The highest BCUT2D eigenvalue weighted by atomic mass is 15.2. The van der Waals surface area contributed by atoms with E-state index in [0.717, 1.165) is 70.4 Å². The number of hydrogen-bond donors (Lipinski definition) is 1. The van der Waals surface area contributed by atoms with Crippen molar-refractivity contribution in [3.05, 3.63) is 61.2 Å². The molecule has 1 saturated heterocycles. The van der Waals surface area contributed by atoms with Crippen molar-refractivity contribution in [3.63, 3.8) is 0 Å². The van der Waals surface area contributed by atoms with Crippen molar-refractivity contribution in [1.29, 1.82) is 0 Å². The smallest absolute Gasteiger partial charge is 0.0966 e. The number of nitrogens with zero attached hydrogens (tertiary/aromatic N) is 5. The first-order valence-corrected chi connectivity index (χ1v) is 10.4. The van der Waals surface area contributed by atoms with Gasteiger partial charge >= 0.3 is 0 Å². The number of likely N-dealkylation sites (tertiary alicyclic amines) is 1. The standard InChI is InChI=1S/C24H26N6/c1-16(2)30-10-6-19(7-11-30)28-20-13-21(24-22(14-20)25-8-9-26-24)17-4-5-18-15-27-29(3)23(18)12-17/h4-5,8-9,12-15,19,28H,1,6-7,10-11H2,2-3H3. The highest BCUT2D eigenvalue weighted by molar-refractivity contribution is 5.96. The number of rotatable bonds is 4. The van der Waals surface area contributed by atoms with Gasteiger partial charge in [0.15, 0.2) is 0 Å². The van der Waals surface area contributed by atoms with Crippen LogP contribution >= 0.6 is 0 Å². The van der Waals surface area contributed by atoms with Crippen LogP contribution in [0, 0.1) is 0 Å². The lowest BCUT2D eigenvalue weighted by Crippen LogP contribution is -2.37. The molecule has 5 rings (SSSR count). The summed E-state index contributed by atoms with van der Waals surface area (Å²) >= 11 is 0. The summed E-state index contributed by atoms with van der Waals surface area (Å²) in [5, 5.41) is 9.25. The second-order valence-corrected chi connectivity index (χ2v) is 8.13. The third kappa shape index (κ3) is 3.38. The zero-order valence-electron chi connectivity index (χ0n) is 17.5. The predicted molar refractivity (Wildman–Crippen MR) is 122 cm³/mol. The lowest BCUT2D eigenvalue weighted by atomic mass is 10.00. The second-order valence-electron chi connectivity index (χ2n) is 8.13. The number of aromatic nitrogens is 4. The third-order valence-electron chi connectivity index (χ3n) is 6.04. The monoisotopic (exact) mass is 398 g/mol. The maximum Gasteiger partial charge on any atom is 0.0966 e. The number of aryl methyl sites for hydroxylation is 1. The van der Waals surface area contributed by atoms with Crippen LogP contribution in [0.25, 0.3) is 33.1 Å². The Morgan fingerprint density at radius 1 is 1.10 bits per heavy atom. The molecule has 1 aliphatic rings. The molecule has 0 amide bonds. The van der Waals surface area contributed by atoms with E-state index < -0.39 is 0 Å². The molecule has 0 atom stereocenters. The fourth-order valence-corrected chi connectivity index (χ4v) is 4.33. The van der Waals surface area contributed by atoms with Crippen LogP contribution in [0.3, 0.4) is 0 Å². The number of allylic oxidation sites excluding steroid dienone is 1. The van der Waals surface area contributed by atoms with E-state index in [2.05, 4.69) is 69.1 Å². The summed E-state index contributed by atoms with van der Waals surface area (Å²) in [7, 11) is 1.97. The van der Waals surface area contributed by atoms with E-state index in [9.17, 15) is 0 Å². The van der Waals surface area contributed by atoms with Gasteiger partial charge in [-0.25, -0.2) is 0 Å². The first kappa shape index (κ1) is 18.6. The van der Waals surface area contributed by atoms with Gasteiger partial charge in [0.1, 0.15) is 0 Å². The SMILES string of the molecule is C=C(C)N1CCC(Nc2cc(-c3ccc4cnn(C)c4c3)c3nccnc3c2)CC1. The Labute approximate surface area is 176 Å². The van der Waals surface area contributed by atoms with Crippen molar-refractivity contribution in [2.24, 2.45) is 7.05 Å². The van der Waals surface area contributed by atoms with Gasteiger partial charge in [-0.1, -0.05) is 18.7 Å². The molecular formula is C24H26N6. The molecule has 0 bridgehead atoms. The summed E-state index contributed by atoms with van der Waals surface area (Å²) in [6.45, 7) is 8.25. The summed E-state index contributed by atoms with van der Waals surface area (Å²) in [6, 6.07) is 11.2. The molecule has 2 aromatic carbocycles. The van der Waals surface area contributed by atoms with Crippen molar-refractivity contribution in [3.8, 4) is 11.1 Å². The molecule has 0 saturated carbocycles. The van der Waals surface area contributed by atoms with Crippen molar-refractivity contribution < 1.29 is 0 Å². The summed E-state index contributed by atoms with van der Waals surface area (Å²) < 4.78 is 1.91. The average molecular weight is 399 g/mol. The number of piperidine rings is 1. The molecule has 6 nitrogen and oxygen atoms in total. The van der Waals surface area contributed by atoms with Crippen molar-refractivity contribution >= 4 is 27.6 Å². The maximum absolute atomic E-state index is 4.64. The van der Waals surface area contributed by atoms with E-state index >= 15 is 0 Å². The van der Waals surface area contributed by atoms with Gasteiger partial charge in [0.25, 0.3) is 0 Å². The van der Waals surface area contributed by atoms with Crippen molar-refractivity contribution in [2.45, 2.75) is 25.8 Å². The maximum atomic E-state index is 4.64. The Morgan fingerprint density at radius 3 is 2.70 bits per heavy atom. The van der Waals surface area contributed by atoms with Gasteiger partial charge in [0.2, 0.25) is 0 Å². The largest absolute Gasteiger partial charge is 0.382 e. The van der Waals surface area contributed by atoms with Gasteiger partial charge in [-0.2, -0.15) is 5.10 Å². The van der Waals surface area contributed by atoms with Crippen LogP contribution in [0.15, 0.2) is 61.2 Å². The molecule has 0 aliphatic carbocycles. The van der Waals surface area contributed by atoms with Crippen LogP contribution in [-0.4, -0.2) is 43.8 Å². The molecule has 0 spiro atoms. The van der Waals surface area contributed by atoms with Gasteiger partial charge in [0.05, 0.1) is 22.7 Å². The van der Waals surface area contributed by atoms with E-state index in [1.54, 1.807) is 12.4 Å². The molecule has 0 unspecified atom stereocenters. The minimum atomic E-state index is 0.446. The second kappa shape index (κ2) is 7.44. The number of nitrogens with one attached hydrogen (secondary N) is 1. The molecule has 6 heteroatoms. The van der Waals surface area contributed by atoms with Crippen molar-refractivity contribution in [1.82, 2.24) is 24.6 Å². The molecule has 1 fully saturated rings. The van der Waals surface area contributed by atoms with Gasteiger partial charge in [-0.05, 0) is 43.5 Å². The van der Waals surface area contributed by atoms with E-state index in [1.807, 2.05) is 17.9 Å². The number of anilines is 1. The summed E-state index contributed by atoms with van der Waals surface area (Å²) in [6.07, 6.45) is 7.61. The van der Waals surface area contributed by atoms with Gasteiger partial charge in [-0.15, -0.1) is 0 Å². The number of benzene rings is 2. The molecule has 3 heterocycles. The highest BCUT2D eigenvalue weighted by Gasteiger charge is 2.19. The predicted octanol–water partition coefficient (Wildman–Crippen LogP) is 4.59. The quantitative estimate of drug-likeness (QED) is 0.545. The Balaban J connectivity index is 1.51. The lowest BCUT2D eigenvalue weighted by molar-refractivity contribution is 0.273. The van der Waals surface area contributed by atoms with Crippen LogP contribution in [0.1, 0.15) is 19.8 Å². The summed E-state index contributed by atoms with van der Waals surface area (Å²) in [5.74, 6) is 0. The Hall–Kier alpha value is -3.41. The van der Waals surface area contributed by atoms with Crippen LogP contribution in [0.2, 0.25) is 0 Å². The zero-order valence-corrected chi connectivity index (χ0v) is 17.5. The summed E-state index contributed by atoms with van der Waals surface area (Å²) in [4.78, 5) is 11.6. The molecule has 2 aromatic heterocycles. The molecule has 1 aliphatic heterocycles. The third-order valence-corrected chi connectivity index (χ3v) is 6.04. The Morgan fingerprint density at radius 2 is 1.90 bits per heavy atom. The van der Waals surface area contributed by atoms with Crippen molar-refractivity contribution in [2.75, 3.05) is 18.4 Å². The molecule has 152 valence electrons. The van der Waals surface area contributed by atoms with Gasteiger partial charge in [-0.3, -0.25) is 14.6 Å². The molecule has 4 aromatic rings. The minimum absolute atomic E-state index is 0.446. The average Bonchev–Trinajstić information content (AvgIpc) is 3.14. The number of hydrogen-bond acceptors (Lipinski definition) is 5. The lowest BCUT2D eigenvalue weighted by Gasteiger charge is -2.34. The van der Waals surface area contributed by atoms with Gasteiger partial charge in [0, 0.05) is 60.9 Å². The molecule has 1 N–H and O–H groups in total. The zero-order chi connectivity index (χ0) is 20.7. The Bertz CT molecular complexity index is 1230. The highest BCUT2D eigenvalue weighted by Crippen LogP contribution is 2.32. The Kier molecular flexibility index (Phi) is 4.62. The van der Waals surface area contributed by atoms with Crippen LogP contribution in [0.5, 0.6) is 0 Å². The topological polar surface area (TPSA) is 58.9 Å². The fourth-order valence-electron chi connectivity index (χ4n) is 4.33. The summed E-state index contributed by atoms with van der Waals surface area (Å²) in [5.41, 5.74) is 7.39. The van der Waals surface area contributed by atoms with Crippen LogP contribution < -0.4 is 5.32 Å². The van der Waals surface area contributed by atoms with E-state index in [0.29, 0.717) is 6.04 Å². The van der Waals surface area contributed by atoms with Crippen LogP contribution in [0.4, 0.5) is 5.69 Å². The van der Waals surface area contributed by atoms with E-state index in [-0.39, 0.29) is 0 Å². The normalized spacial score (nSPS) is 15.1. The first-order valence-electron chi connectivity index (χ1n) is 10.4. The minimum Gasteiger partial charge on any atom is -0.382 e. The first-order chi connectivity index (χ1) is 14.6. The fraction of sp³-hybridized carbons (Fsp3) is 0.292.